The number of rotatable bonds is 7. The van der Waals surface area contributed by atoms with Crippen LogP contribution in [0.5, 0.6) is 0 Å². The highest BCUT2D eigenvalue weighted by molar-refractivity contribution is 7.22. The Kier molecular flexibility index (Phi) is 6.18. The molecule has 0 saturated carbocycles. The number of nitro groups is 1. The van der Waals surface area contributed by atoms with Crippen LogP contribution >= 0.6 is 22.7 Å². The Morgan fingerprint density at radius 1 is 1.21 bits per heavy atom. The van der Waals surface area contributed by atoms with Crippen LogP contribution in [0.25, 0.3) is 16.3 Å². The van der Waals surface area contributed by atoms with E-state index >= 15 is 0 Å². The van der Waals surface area contributed by atoms with Crippen molar-refractivity contribution in [2.24, 2.45) is 0 Å². The molecular formula is C19H20N4O3S2. The van der Waals surface area contributed by atoms with Crippen LogP contribution in [0.2, 0.25) is 0 Å². The van der Waals surface area contributed by atoms with Crippen LogP contribution < -0.4 is 4.90 Å². The summed E-state index contributed by atoms with van der Waals surface area (Å²) < 4.78 is 1.04. The van der Waals surface area contributed by atoms with E-state index in [0.717, 1.165) is 27.1 Å². The smallest absolute Gasteiger partial charge is 0.308 e. The number of amides is 1. The largest absolute Gasteiger partial charge is 0.324 e. The van der Waals surface area contributed by atoms with Gasteiger partial charge in [-0.15, -0.1) is 0 Å². The molecule has 0 unspecified atom stereocenters. The standard InChI is InChI=1S/C19H20N4O3S2/c1-13-4-7-15-16(12-13)28-19(20-15)22(11-10-21(2)3)17(24)8-5-14-6-9-18(27-14)23(25)26/h4-9,12H,10-11H2,1-3H3/b8-5+. The third-order valence-corrected chi connectivity index (χ3v) is 6.03. The second-order valence-electron chi connectivity index (χ2n) is 6.53. The monoisotopic (exact) mass is 416 g/mol. The van der Waals surface area contributed by atoms with Gasteiger partial charge in [-0.2, -0.15) is 0 Å². The number of thiazole rings is 1. The molecule has 0 spiro atoms. The fourth-order valence-electron chi connectivity index (χ4n) is 2.51. The van der Waals surface area contributed by atoms with Crippen molar-refractivity contribution in [1.29, 1.82) is 0 Å². The van der Waals surface area contributed by atoms with E-state index in [1.165, 1.54) is 23.5 Å². The number of carbonyl (C=O) groups is 1. The van der Waals surface area contributed by atoms with Gasteiger partial charge in [-0.1, -0.05) is 28.7 Å². The van der Waals surface area contributed by atoms with Crippen LogP contribution in [-0.2, 0) is 4.79 Å². The van der Waals surface area contributed by atoms with Crippen LogP contribution in [0.15, 0.2) is 36.4 Å². The van der Waals surface area contributed by atoms with Gasteiger partial charge in [0.1, 0.15) is 0 Å². The first kappa shape index (κ1) is 20.1. The van der Waals surface area contributed by atoms with E-state index in [1.807, 2.05) is 38.1 Å². The van der Waals surface area contributed by atoms with E-state index in [2.05, 4.69) is 11.1 Å². The molecule has 0 saturated heterocycles. The van der Waals surface area contributed by atoms with E-state index < -0.39 is 4.92 Å². The molecule has 0 N–H and O–H groups in total. The van der Waals surface area contributed by atoms with Crippen LogP contribution in [0, 0.1) is 17.0 Å². The number of thiophene rings is 1. The lowest BCUT2D eigenvalue weighted by molar-refractivity contribution is -0.380. The molecule has 0 atom stereocenters. The van der Waals surface area contributed by atoms with Gasteiger partial charge in [-0.05, 0) is 50.9 Å². The Balaban J connectivity index is 1.85. The minimum atomic E-state index is -0.434. The fourth-order valence-corrected chi connectivity index (χ4v) is 4.33. The molecule has 3 rings (SSSR count). The highest BCUT2D eigenvalue weighted by Gasteiger charge is 2.18. The summed E-state index contributed by atoms with van der Waals surface area (Å²) in [5.41, 5.74) is 2.01. The van der Waals surface area contributed by atoms with Crippen molar-refractivity contribution in [2.75, 3.05) is 32.1 Å². The van der Waals surface area contributed by atoms with E-state index in [4.69, 9.17) is 0 Å². The van der Waals surface area contributed by atoms with Gasteiger partial charge >= 0.3 is 5.00 Å². The molecule has 3 aromatic rings. The van der Waals surface area contributed by atoms with Gasteiger partial charge in [0.15, 0.2) is 5.13 Å². The summed E-state index contributed by atoms with van der Waals surface area (Å²) in [5, 5.41) is 11.5. The van der Waals surface area contributed by atoms with Gasteiger partial charge in [0.25, 0.3) is 5.91 Å². The van der Waals surface area contributed by atoms with Crippen molar-refractivity contribution >= 4 is 55.0 Å². The quantitative estimate of drug-likeness (QED) is 0.328. The molecule has 1 aromatic carbocycles. The molecule has 0 fully saturated rings. The third kappa shape index (κ3) is 4.80. The molecule has 2 heterocycles. The molecule has 1 amide bonds. The van der Waals surface area contributed by atoms with Gasteiger partial charge in [0.2, 0.25) is 0 Å². The predicted molar refractivity (Wildman–Crippen MR) is 115 cm³/mol. The zero-order chi connectivity index (χ0) is 20.3. The second-order valence-corrected chi connectivity index (χ2v) is 8.63. The average molecular weight is 417 g/mol. The maximum absolute atomic E-state index is 12.9. The summed E-state index contributed by atoms with van der Waals surface area (Å²) in [6.07, 6.45) is 3.06. The first-order valence-electron chi connectivity index (χ1n) is 8.59. The van der Waals surface area contributed by atoms with Gasteiger partial charge in [0.05, 0.1) is 15.1 Å². The van der Waals surface area contributed by atoms with Gasteiger partial charge in [0, 0.05) is 30.1 Å². The first-order valence-corrected chi connectivity index (χ1v) is 10.2. The molecule has 0 aliphatic carbocycles. The number of carbonyl (C=O) groups excluding carboxylic acids is 1. The maximum atomic E-state index is 12.9. The summed E-state index contributed by atoms with van der Waals surface area (Å²) in [4.78, 5) is 32.2. The van der Waals surface area contributed by atoms with E-state index in [1.54, 1.807) is 17.0 Å². The number of hydrogen-bond acceptors (Lipinski definition) is 7. The average Bonchev–Trinajstić information content (AvgIpc) is 3.26. The van der Waals surface area contributed by atoms with Crippen molar-refractivity contribution in [2.45, 2.75) is 6.92 Å². The Morgan fingerprint density at radius 3 is 2.68 bits per heavy atom. The third-order valence-electron chi connectivity index (χ3n) is 3.98. The Morgan fingerprint density at radius 2 is 2.00 bits per heavy atom. The second kappa shape index (κ2) is 8.59. The van der Waals surface area contributed by atoms with E-state index in [0.29, 0.717) is 23.1 Å². The van der Waals surface area contributed by atoms with Crippen LogP contribution in [0.3, 0.4) is 0 Å². The number of benzene rings is 1. The molecule has 9 heteroatoms. The maximum Gasteiger partial charge on any atom is 0.324 e. The number of likely N-dealkylation sites (N-methyl/N-ethyl adjacent to an activating group) is 1. The summed E-state index contributed by atoms with van der Waals surface area (Å²) >= 11 is 2.52. The van der Waals surface area contributed by atoms with E-state index in [-0.39, 0.29) is 10.9 Å². The Bertz CT molecular complexity index is 1040. The number of fused-ring (bicyclic) bond motifs is 1. The molecule has 146 valence electrons. The summed E-state index contributed by atoms with van der Waals surface area (Å²) in [6, 6.07) is 9.10. The number of hydrogen-bond donors (Lipinski definition) is 0. The van der Waals surface area contributed by atoms with Crippen molar-refractivity contribution in [3.8, 4) is 0 Å². The lowest BCUT2D eigenvalue weighted by Crippen LogP contribution is -2.35. The highest BCUT2D eigenvalue weighted by atomic mass is 32.1. The number of nitrogens with zero attached hydrogens (tertiary/aromatic N) is 4. The zero-order valence-electron chi connectivity index (χ0n) is 15.8. The van der Waals surface area contributed by atoms with Gasteiger partial charge < -0.3 is 4.90 Å². The molecule has 7 nitrogen and oxygen atoms in total. The molecule has 0 aliphatic rings. The number of aromatic nitrogens is 1. The lowest BCUT2D eigenvalue weighted by atomic mass is 10.2. The van der Waals surface area contributed by atoms with Crippen LogP contribution in [-0.4, -0.2) is 47.9 Å². The number of aryl methyl sites for hydroxylation is 1. The van der Waals surface area contributed by atoms with Gasteiger partial charge in [-0.3, -0.25) is 19.8 Å². The normalized spacial score (nSPS) is 11.6. The zero-order valence-corrected chi connectivity index (χ0v) is 17.4. The van der Waals surface area contributed by atoms with E-state index in [9.17, 15) is 14.9 Å². The lowest BCUT2D eigenvalue weighted by Gasteiger charge is -2.20. The first-order chi connectivity index (χ1) is 13.3. The molecule has 28 heavy (non-hydrogen) atoms. The summed E-state index contributed by atoms with van der Waals surface area (Å²) in [7, 11) is 3.90. The topological polar surface area (TPSA) is 79.6 Å². The predicted octanol–water partition coefficient (Wildman–Crippen LogP) is 4.18. The van der Waals surface area contributed by atoms with Crippen LogP contribution in [0.4, 0.5) is 10.1 Å². The molecular weight excluding hydrogens is 396 g/mol. The Hall–Kier alpha value is -2.62. The SMILES string of the molecule is Cc1ccc2nc(N(CCN(C)C)C(=O)/C=C/c3ccc([N+](=O)[O-])s3)sc2c1. The van der Waals surface area contributed by atoms with Crippen molar-refractivity contribution in [1.82, 2.24) is 9.88 Å². The molecule has 0 radical (unpaired) electrons. The van der Waals surface area contributed by atoms with Crippen molar-refractivity contribution < 1.29 is 9.72 Å². The van der Waals surface area contributed by atoms with Crippen molar-refractivity contribution in [3.63, 3.8) is 0 Å². The molecule has 2 aromatic heterocycles. The Labute approximate surface area is 170 Å². The highest BCUT2D eigenvalue weighted by Crippen LogP contribution is 2.30. The number of anilines is 1. The summed E-state index contributed by atoms with van der Waals surface area (Å²) in [5.74, 6) is -0.200. The molecule has 0 aliphatic heterocycles. The molecule has 0 bridgehead atoms. The van der Waals surface area contributed by atoms with Crippen molar-refractivity contribution in [3.05, 3.63) is 57.0 Å². The van der Waals surface area contributed by atoms with Crippen LogP contribution in [0.1, 0.15) is 10.4 Å². The minimum absolute atomic E-state index is 0.0538. The minimum Gasteiger partial charge on any atom is -0.308 e. The summed E-state index contributed by atoms with van der Waals surface area (Å²) in [6.45, 7) is 3.22. The van der Waals surface area contributed by atoms with Gasteiger partial charge in [-0.25, -0.2) is 4.98 Å². The fraction of sp³-hybridized carbons (Fsp3) is 0.263.